The number of carbonyl (C=O) groups is 1. The number of ether oxygens (including phenoxy) is 1. The van der Waals surface area contributed by atoms with Crippen molar-refractivity contribution >= 4 is 5.78 Å². The van der Waals surface area contributed by atoms with Crippen molar-refractivity contribution < 1.29 is 13.9 Å². The Bertz CT molecular complexity index is 865. The number of benzene rings is 2. The molecule has 5 heteroatoms. The molecule has 1 aliphatic rings. The van der Waals surface area contributed by atoms with Crippen molar-refractivity contribution in [3.05, 3.63) is 77.1 Å². The number of halogens is 1. The molecule has 1 saturated carbocycles. The van der Waals surface area contributed by atoms with Gasteiger partial charge in [-0.05, 0) is 67.8 Å². The van der Waals surface area contributed by atoms with Crippen LogP contribution in [0.1, 0.15) is 34.3 Å². The van der Waals surface area contributed by atoms with Crippen LogP contribution < -0.4 is 10.1 Å². The molecular formula is C22H21FN2O2. The SMILES string of the molecule is N#Cc1ccc(C(=O)c2ccc(OCC=CCNCC3CC3)c(F)c2)cc1. The second-order valence-electron chi connectivity index (χ2n) is 6.55. The Balaban J connectivity index is 1.52. The van der Waals surface area contributed by atoms with E-state index in [1.165, 1.54) is 25.0 Å². The standard InChI is InChI=1S/C22H21FN2O2/c23-20-13-19(22(26)18-7-5-16(14-24)6-8-18)9-10-21(20)27-12-2-1-11-25-15-17-3-4-17/h1-2,5-10,13,17,25H,3-4,11-12,15H2. The Kier molecular flexibility index (Phi) is 6.35. The number of nitrogens with zero attached hydrogens (tertiary/aromatic N) is 1. The number of carbonyl (C=O) groups excluding carboxylic acids is 1. The van der Waals surface area contributed by atoms with Crippen LogP contribution in [0, 0.1) is 23.1 Å². The van der Waals surface area contributed by atoms with Gasteiger partial charge in [0, 0.05) is 17.7 Å². The van der Waals surface area contributed by atoms with Gasteiger partial charge in [0.2, 0.25) is 0 Å². The Hall–Kier alpha value is -2.97. The molecule has 0 atom stereocenters. The molecule has 2 aromatic carbocycles. The third-order valence-electron chi connectivity index (χ3n) is 4.36. The van der Waals surface area contributed by atoms with E-state index in [4.69, 9.17) is 10.00 Å². The predicted molar refractivity (Wildman–Crippen MR) is 101 cm³/mol. The first-order chi connectivity index (χ1) is 13.2. The molecule has 1 fully saturated rings. The summed E-state index contributed by atoms with van der Waals surface area (Å²) in [6, 6.07) is 12.4. The summed E-state index contributed by atoms with van der Waals surface area (Å²) in [5, 5.41) is 12.1. The fourth-order valence-corrected chi connectivity index (χ4v) is 2.60. The van der Waals surface area contributed by atoms with E-state index in [1.807, 2.05) is 18.2 Å². The highest BCUT2D eigenvalue weighted by Gasteiger charge is 2.19. The number of nitrogens with one attached hydrogen (secondary N) is 1. The summed E-state index contributed by atoms with van der Waals surface area (Å²) in [7, 11) is 0. The van der Waals surface area contributed by atoms with Crippen LogP contribution >= 0.6 is 0 Å². The lowest BCUT2D eigenvalue weighted by Gasteiger charge is -2.07. The second kappa shape index (κ2) is 9.11. The number of nitriles is 1. The summed E-state index contributed by atoms with van der Waals surface area (Å²) in [4.78, 5) is 12.4. The van der Waals surface area contributed by atoms with Crippen LogP contribution in [0.2, 0.25) is 0 Å². The zero-order valence-corrected chi connectivity index (χ0v) is 15.0. The van der Waals surface area contributed by atoms with E-state index in [1.54, 1.807) is 30.3 Å². The van der Waals surface area contributed by atoms with E-state index in [-0.39, 0.29) is 23.7 Å². The van der Waals surface area contributed by atoms with Crippen molar-refractivity contribution in [1.82, 2.24) is 5.32 Å². The summed E-state index contributed by atoms with van der Waals surface area (Å²) in [5.74, 6) is 0.0811. The first-order valence-electron chi connectivity index (χ1n) is 9.00. The van der Waals surface area contributed by atoms with Crippen LogP contribution in [-0.2, 0) is 0 Å². The van der Waals surface area contributed by atoms with Gasteiger partial charge >= 0.3 is 0 Å². The zero-order chi connectivity index (χ0) is 19.1. The van der Waals surface area contributed by atoms with Crippen molar-refractivity contribution in [2.24, 2.45) is 5.92 Å². The molecule has 1 N–H and O–H groups in total. The molecule has 0 radical (unpaired) electrons. The quantitative estimate of drug-likeness (QED) is 0.417. The summed E-state index contributed by atoms with van der Waals surface area (Å²) < 4.78 is 19.6. The van der Waals surface area contributed by atoms with Crippen molar-refractivity contribution in [1.29, 1.82) is 5.26 Å². The Morgan fingerprint density at radius 1 is 1.19 bits per heavy atom. The van der Waals surface area contributed by atoms with Gasteiger partial charge in [-0.25, -0.2) is 4.39 Å². The maximum absolute atomic E-state index is 14.2. The van der Waals surface area contributed by atoms with Crippen LogP contribution in [0.4, 0.5) is 4.39 Å². The van der Waals surface area contributed by atoms with Crippen molar-refractivity contribution in [3.8, 4) is 11.8 Å². The molecular weight excluding hydrogens is 343 g/mol. The van der Waals surface area contributed by atoms with Gasteiger partial charge < -0.3 is 10.1 Å². The van der Waals surface area contributed by atoms with Crippen molar-refractivity contribution in [2.45, 2.75) is 12.8 Å². The van der Waals surface area contributed by atoms with Gasteiger partial charge in [-0.15, -0.1) is 0 Å². The highest BCUT2D eigenvalue weighted by molar-refractivity contribution is 6.09. The summed E-state index contributed by atoms with van der Waals surface area (Å²) in [5.41, 5.74) is 1.12. The Morgan fingerprint density at radius 2 is 1.93 bits per heavy atom. The normalized spacial score (nSPS) is 13.5. The van der Waals surface area contributed by atoms with Crippen molar-refractivity contribution in [3.63, 3.8) is 0 Å². The molecule has 1 aliphatic carbocycles. The van der Waals surface area contributed by atoms with E-state index in [0.29, 0.717) is 11.1 Å². The van der Waals surface area contributed by atoms with Gasteiger partial charge in [-0.1, -0.05) is 12.2 Å². The molecule has 0 bridgehead atoms. The Morgan fingerprint density at radius 3 is 2.59 bits per heavy atom. The van der Waals surface area contributed by atoms with Crippen LogP contribution in [0.3, 0.4) is 0 Å². The lowest BCUT2D eigenvalue weighted by atomic mass is 10.0. The minimum absolute atomic E-state index is 0.113. The van der Waals surface area contributed by atoms with Gasteiger partial charge in [-0.2, -0.15) is 5.26 Å². The minimum atomic E-state index is -0.574. The highest BCUT2D eigenvalue weighted by Crippen LogP contribution is 2.27. The monoisotopic (exact) mass is 364 g/mol. The van der Waals surface area contributed by atoms with Crippen LogP contribution in [0.25, 0.3) is 0 Å². The molecule has 0 spiro atoms. The van der Waals surface area contributed by atoms with Crippen LogP contribution in [-0.4, -0.2) is 25.5 Å². The molecule has 3 rings (SSSR count). The maximum atomic E-state index is 14.2. The number of ketones is 1. The third-order valence-corrected chi connectivity index (χ3v) is 4.36. The Labute approximate surface area is 158 Å². The predicted octanol–water partition coefficient (Wildman–Crippen LogP) is 3.86. The topological polar surface area (TPSA) is 62.1 Å². The van der Waals surface area contributed by atoms with Gasteiger partial charge in [0.25, 0.3) is 0 Å². The average Bonchev–Trinajstić information content (AvgIpc) is 3.52. The molecule has 0 heterocycles. The molecule has 27 heavy (non-hydrogen) atoms. The van der Waals surface area contributed by atoms with E-state index in [9.17, 15) is 9.18 Å². The van der Waals surface area contributed by atoms with Crippen LogP contribution in [0.15, 0.2) is 54.6 Å². The summed E-state index contributed by atoms with van der Waals surface area (Å²) >= 11 is 0. The molecule has 0 amide bonds. The third kappa shape index (κ3) is 5.50. The van der Waals surface area contributed by atoms with Gasteiger partial charge in [0.15, 0.2) is 17.3 Å². The maximum Gasteiger partial charge on any atom is 0.193 e. The minimum Gasteiger partial charge on any atom is -0.486 e. The van der Waals surface area contributed by atoms with E-state index < -0.39 is 5.82 Å². The largest absolute Gasteiger partial charge is 0.486 e. The lowest BCUT2D eigenvalue weighted by molar-refractivity contribution is 0.103. The first-order valence-corrected chi connectivity index (χ1v) is 9.00. The number of hydrogen-bond acceptors (Lipinski definition) is 4. The van der Waals surface area contributed by atoms with Gasteiger partial charge in [0.1, 0.15) is 6.61 Å². The van der Waals surface area contributed by atoms with Gasteiger partial charge in [0.05, 0.1) is 11.6 Å². The zero-order valence-electron chi connectivity index (χ0n) is 15.0. The number of hydrogen-bond donors (Lipinski definition) is 1. The fourth-order valence-electron chi connectivity index (χ4n) is 2.60. The fraction of sp³-hybridized carbons (Fsp3) is 0.273. The average molecular weight is 364 g/mol. The smallest absolute Gasteiger partial charge is 0.193 e. The van der Waals surface area contributed by atoms with E-state index >= 15 is 0 Å². The summed E-state index contributed by atoms with van der Waals surface area (Å²) in [6.07, 6.45) is 6.45. The molecule has 138 valence electrons. The first kappa shape index (κ1) is 18.8. The molecule has 0 aliphatic heterocycles. The molecule has 0 saturated heterocycles. The molecule has 2 aromatic rings. The second-order valence-corrected chi connectivity index (χ2v) is 6.55. The lowest BCUT2D eigenvalue weighted by Crippen LogP contribution is -2.16. The summed E-state index contributed by atoms with van der Waals surface area (Å²) in [6.45, 7) is 2.10. The molecule has 4 nitrogen and oxygen atoms in total. The van der Waals surface area contributed by atoms with E-state index in [0.717, 1.165) is 19.0 Å². The highest BCUT2D eigenvalue weighted by atomic mass is 19.1. The molecule has 0 unspecified atom stereocenters. The van der Waals surface area contributed by atoms with Crippen molar-refractivity contribution in [2.75, 3.05) is 19.7 Å². The van der Waals surface area contributed by atoms with E-state index in [2.05, 4.69) is 5.32 Å². The van der Waals surface area contributed by atoms with Gasteiger partial charge in [-0.3, -0.25) is 4.79 Å². The molecule has 0 aromatic heterocycles. The van der Waals surface area contributed by atoms with Crippen LogP contribution in [0.5, 0.6) is 5.75 Å². The number of rotatable bonds is 9.